The van der Waals surface area contributed by atoms with Crippen LogP contribution in [-0.4, -0.2) is 20.2 Å². The van der Waals surface area contributed by atoms with Crippen molar-refractivity contribution >= 4 is 28.6 Å². The summed E-state index contributed by atoms with van der Waals surface area (Å²) in [5, 5.41) is 0. The van der Waals surface area contributed by atoms with Gasteiger partial charge in [-0.15, -0.1) is 0 Å². The first kappa shape index (κ1) is 15.6. The highest BCUT2D eigenvalue weighted by Crippen LogP contribution is 2.23. The van der Waals surface area contributed by atoms with Gasteiger partial charge in [-0.05, 0) is 58.5 Å². The Bertz CT molecular complexity index is 623. The zero-order valence-corrected chi connectivity index (χ0v) is 13.9. The van der Waals surface area contributed by atoms with E-state index < -0.39 is 5.97 Å². The van der Waals surface area contributed by atoms with Crippen molar-refractivity contribution in [3.63, 3.8) is 0 Å². The summed E-state index contributed by atoms with van der Waals surface area (Å²) in [6.07, 6.45) is 0. The molecule has 0 aromatic heterocycles. The van der Waals surface area contributed by atoms with Crippen molar-refractivity contribution in [2.75, 3.05) is 14.2 Å². The van der Waals surface area contributed by atoms with Gasteiger partial charge in [-0.25, -0.2) is 4.79 Å². The molecule has 2 aromatic rings. The molecule has 21 heavy (non-hydrogen) atoms. The molecule has 0 bridgehead atoms. The van der Waals surface area contributed by atoms with E-state index in [1.54, 1.807) is 19.2 Å². The fourth-order valence-electron chi connectivity index (χ4n) is 1.78. The minimum atomic E-state index is -0.404. The molecular formula is C16H15IO4. The van der Waals surface area contributed by atoms with Gasteiger partial charge in [0.25, 0.3) is 0 Å². The Morgan fingerprint density at radius 3 is 2.43 bits per heavy atom. The standard InChI is InChI=1S/C16H15IO4/c1-19-13-6-3-11(4-7-13)10-21-15-8-5-12(17)9-14(15)16(18)20-2/h3-9H,10H2,1-2H3. The van der Waals surface area contributed by atoms with Crippen molar-refractivity contribution in [2.45, 2.75) is 6.61 Å². The Hall–Kier alpha value is -1.76. The molecule has 4 nitrogen and oxygen atoms in total. The van der Waals surface area contributed by atoms with Gasteiger partial charge < -0.3 is 14.2 Å². The van der Waals surface area contributed by atoms with Crippen molar-refractivity contribution in [1.82, 2.24) is 0 Å². The summed E-state index contributed by atoms with van der Waals surface area (Å²) in [6.45, 7) is 0.370. The van der Waals surface area contributed by atoms with E-state index in [2.05, 4.69) is 22.6 Å². The van der Waals surface area contributed by atoms with Crippen LogP contribution in [0, 0.1) is 3.57 Å². The largest absolute Gasteiger partial charge is 0.497 e. The summed E-state index contributed by atoms with van der Waals surface area (Å²) in [4.78, 5) is 11.8. The van der Waals surface area contributed by atoms with Crippen LogP contribution in [0.15, 0.2) is 42.5 Å². The fourth-order valence-corrected chi connectivity index (χ4v) is 2.27. The number of hydrogen-bond donors (Lipinski definition) is 0. The van der Waals surface area contributed by atoms with Crippen molar-refractivity contribution in [3.05, 3.63) is 57.2 Å². The molecule has 0 amide bonds. The van der Waals surface area contributed by atoms with Crippen LogP contribution in [-0.2, 0) is 11.3 Å². The number of carbonyl (C=O) groups is 1. The lowest BCUT2D eigenvalue weighted by atomic mass is 10.2. The average Bonchev–Trinajstić information content (AvgIpc) is 2.53. The molecule has 110 valence electrons. The van der Waals surface area contributed by atoms with Gasteiger partial charge in [0, 0.05) is 3.57 Å². The third-order valence-corrected chi connectivity index (χ3v) is 3.57. The average molecular weight is 398 g/mol. The van der Waals surface area contributed by atoms with Crippen LogP contribution in [0.5, 0.6) is 11.5 Å². The van der Waals surface area contributed by atoms with Crippen molar-refractivity contribution in [1.29, 1.82) is 0 Å². The van der Waals surface area contributed by atoms with Gasteiger partial charge in [0.2, 0.25) is 0 Å². The molecule has 2 aromatic carbocycles. The Balaban J connectivity index is 2.13. The maximum Gasteiger partial charge on any atom is 0.341 e. The summed E-state index contributed by atoms with van der Waals surface area (Å²) in [5.74, 6) is 0.902. The first-order chi connectivity index (χ1) is 10.1. The molecule has 0 atom stereocenters. The minimum Gasteiger partial charge on any atom is -0.497 e. The maximum atomic E-state index is 11.8. The lowest BCUT2D eigenvalue weighted by Gasteiger charge is -2.11. The van der Waals surface area contributed by atoms with E-state index in [9.17, 15) is 4.79 Å². The Kier molecular flexibility index (Phi) is 5.44. The number of rotatable bonds is 5. The number of ether oxygens (including phenoxy) is 3. The first-order valence-corrected chi connectivity index (χ1v) is 7.35. The maximum absolute atomic E-state index is 11.8. The second-order valence-corrected chi connectivity index (χ2v) is 5.51. The lowest BCUT2D eigenvalue weighted by molar-refractivity contribution is 0.0595. The molecular weight excluding hydrogens is 383 g/mol. The van der Waals surface area contributed by atoms with Crippen LogP contribution >= 0.6 is 22.6 Å². The molecule has 0 saturated carbocycles. The SMILES string of the molecule is COC(=O)c1cc(I)ccc1OCc1ccc(OC)cc1. The van der Waals surface area contributed by atoms with Crippen LogP contribution in [0.3, 0.4) is 0 Å². The van der Waals surface area contributed by atoms with E-state index in [4.69, 9.17) is 14.2 Å². The van der Waals surface area contributed by atoms with Crippen molar-refractivity contribution in [2.24, 2.45) is 0 Å². The van der Waals surface area contributed by atoms with Gasteiger partial charge in [-0.1, -0.05) is 12.1 Å². The van der Waals surface area contributed by atoms with Gasteiger partial charge in [0.05, 0.1) is 14.2 Å². The highest BCUT2D eigenvalue weighted by atomic mass is 127. The summed E-state index contributed by atoms with van der Waals surface area (Å²) in [6, 6.07) is 13.0. The number of esters is 1. The minimum absolute atomic E-state index is 0.370. The highest BCUT2D eigenvalue weighted by molar-refractivity contribution is 14.1. The molecule has 2 rings (SSSR count). The molecule has 0 aliphatic carbocycles. The number of hydrogen-bond acceptors (Lipinski definition) is 4. The third-order valence-electron chi connectivity index (χ3n) is 2.90. The molecule has 5 heteroatoms. The first-order valence-electron chi connectivity index (χ1n) is 6.27. The molecule has 0 saturated heterocycles. The van der Waals surface area contributed by atoms with Gasteiger partial charge >= 0.3 is 5.97 Å². The van der Waals surface area contributed by atoms with Gasteiger partial charge in [-0.2, -0.15) is 0 Å². The lowest BCUT2D eigenvalue weighted by Crippen LogP contribution is -2.06. The van der Waals surface area contributed by atoms with Crippen molar-refractivity contribution in [3.8, 4) is 11.5 Å². The highest BCUT2D eigenvalue weighted by Gasteiger charge is 2.13. The van der Waals surface area contributed by atoms with Crippen LogP contribution in [0.25, 0.3) is 0 Å². The van der Waals surface area contributed by atoms with Crippen LogP contribution < -0.4 is 9.47 Å². The predicted molar refractivity (Wildman–Crippen MR) is 87.8 cm³/mol. The van der Waals surface area contributed by atoms with E-state index in [-0.39, 0.29) is 0 Å². The van der Waals surface area contributed by atoms with Gasteiger partial charge in [0.15, 0.2) is 0 Å². The quantitative estimate of drug-likeness (QED) is 0.570. The smallest absolute Gasteiger partial charge is 0.341 e. The Labute approximate surface area is 137 Å². The number of methoxy groups -OCH3 is 2. The Morgan fingerprint density at radius 1 is 1.10 bits per heavy atom. The van der Waals surface area contributed by atoms with Crippen LogP contribution in [0.4, 0.5) is 0 Å². The third kappa shape index (κ3) is 4.10. The molecule has 0 unspecified atom stereocenters. The molecule has 0 aliphatic rings. The van der Waals surface area contributed by atoms with Gasteiger partial charge in [-0.3, -0.25) is 0 Å². The monoisotopic (exact) mass is 398 g/mol. The summed E-state index contributed by atoms with van der Waals surface area (Å²) in [5.41, 5.74) is 1.42. The molecule has 0 fully saturated rings. The topological polar surface area (TPSA) is 44.8 Å². The molecule has 0 heterocycles. The van der Waals surface area contributed by atoms with E-state index in [1.165, 1.54) is 7.11 Å². The normalized spacial score (nSPS) is 10.0. The number of benzene rings is 2. The zero-order chi connectivity index (χ0) is 15.2. The molecule has 0 spiro atoms. The number of carbonyl (C=O) groups excluding carboxylic acids is 1. The zero-order valence-electron chi connectivity index (χ0n) is 11.8. The second kappa shape index (κ2) is 7.31. The fraction of sp³-hybridized carbons (Fsp3) is 0.188. The predicted octanol–water partition coefficient (Wildman–Crippen LogP) is 3.67. The Morgan fingerprint density at radius 2 is 1.81 bits per heavy atom. The molecule has 0 radical (unpaired) electrons. The van der Waals surface area contributed by atoms with Crippen LogP contribution in [0.2, 0.25) is 0 Å². The van der Waals surface area contributed by atoms with E-state index >= 15 is 0 Å². The van der Waals surface area contributed by atoms with Crippen molar-refractivity contribution < 1.29 is 19.0 Å². The van der Waals surface area contributed by atoms with Crippen LogP contribution in [0.1, 0.15) is 15.9 Å². The van der Waals surface area contributed by atoms with E-state index in [1.807, 2.05) is 30.3 Å². The molecule has 0 aliphatic heterocycles. The van der Waals surface area contributed by atoms with E-state index in [0.717, 1.165) is 14.9 Å². The second-order valence-electron chi connectivity index (χ2n) is 4.27. The van der Waals surface area contributed by atoms with Gasteiger partial charge in [0.1, 0.15) is 23.7 Å². The summed E-state index contributed by atoms with van der Waals surface area (Å²) < 4.78 is 16.6. The summed E-state index contributed by atoms with van der Waals surface area (Å²) in [7, 11) is 2.98. The summed E-state index contributed by atoms with van der Waals surface area (Å²) >= 11 is 2.14. The van der Waals surface area contributed by atoms with E-state index in [0.29, 0.717) is 17.9 Å². The number of halogens is 1. The molecule has 0 N–H and O–H groups in total.